The Morgan fingerprint density at radius 2 is 2.00 bits per heavy atom. The second kappa shape index (κ2) is 3.40. The van der Waals surface area contributed by atoms with Crippen LogP contribution in [0.1, 0.15) is 19.4 Å². The van der Waals surface area contributed by atoms with Crippen LogP contribution in [0.5, 0.6) is 0 Å². The molecular weight excluding hydrogens is 226 g/mol. The van der Waals surface area contributed by atoms with Gasteiger partial charge < -0.3 is 9.45 Å². The predicted octanol–water partition coefficient (Wildman–Crippen LogP) is 1.52. The molecule has 1 atom stereocenters. The molecule has 4 nitrogen and oxygen atoms in total. The van der Waals surface area contributed by atoms with Crippen molar-refractivity contribution in [3.8, 4) is 0 Å². The summed E-state index contributed by atoms with van der Waals surface area (Å²) in [7, 11) is 1.71. The topological polar surface area (TPSA) is 57.6 Å². The number of hydrogen-bond acceptors (Lipinski definition) is 2. The highest BCUT2D eigenvalue weighted by Crippen LogP contribution is 2.41. The molecule has 1 amide bonds. The number of anilines is 1. The maximum Gasteiger partial charge on any atom is 0.236 e. The van der Waals surface area contributed by atoms with Crippen LogP contribution in [-0.2, 0) is 21.3 Å². The van der Waals surface area contributed by atoms with Crippen molar-refractivity contribution in [2.45, 2.75) is 24.2 Å². The van der Waals surface area contributed by atoms with Gasteiger partial charge in [-0.2, -0.15) is 0 Å². The highest BCUT2D eigenvalue weighted by molar-refractivity contribution is 7.79. The first-order valence-electron chi connectivity index (χ1n) is 4.89. The third-order valence-electron chi connectivity index (χ3n) is 3.04. The number of carbonyl (C=O) groups excluding carboxylic acids is 1. The van der Waals surface area contributed by atoms with Gasteiger partial charge in [0.15, 0.2) is 11.1 Å². The molecule has 0 aliphatic carbocycles. The minimum absolute atomic E-state index is 0.00312. The fraction of sp³-hybridized carbons (Fsp3) is 0.364. The molecule has 0 bridgehead atoms. The fourth-order valence-corrected chi connectivity index (χ4v) is 2.46. The van der Waals surface area contributed by atoms with E-state index in [4.69, 9.17) is 4.55 Å². The summed E-state index contributed by atoms with van der Waals surface area (Å²) in [5.41, 5.74) is 0.989. The highest BCUT2D eigenvalue weighted by Gasteiger charge is 2.42. The third-order valence-corrected chi connectivity index (χ3v) is 3.70. The molecule has 1 aliphatic rings. The number of carbonyl (C=O) groups is 1. The maximum absolute atomic E-state index is 12.0. The summed E-state index contributed by atoms with van der Waals surface area (Å²) in [6.45, 7) is 3.64. The Kier molecular flexibility index (Phi) is 2.40. The van der Waals surface area contributed by atoms with Gasteiger partial charge in [-0.05, 0) is 37.6 Å². The SMILES string of the molecule is CN1C(=O)C(C)(C)c2cc(S(=O)O)ccc21. The number of rotatable bonds is 1. The molecule has 1 aromatic rings. The van der Waals surface area contributed by atoms with Gasteiger partial charge in [-0.3, -0.25) is 4.79 Å². The van der Waals surface area contributed by atoms with E-state index >= 15 is 0 Å². The number of fused-ring (bicyclic) bond motifs is 1. The van der Waals surface area contributed by atoms with Crippen molar-refractivity contribution < 1.29 is 13.6 Å². The zero-order valence-electron chi connectivity index (χ0n) is 9.35. The summed E-state index contributed by atoms with van der Waals surface area (Å²) in [5.74, 6) is 0.00312. The van der Waals surface area contributed by atoms with E-state index in [1.54, 1.807) is 30.1 Å². The van der Waals surface area contributed by atoms with Gasteiger partial charge in [0.05, 0.1) is 10.3 Å². The number of amides is 1. The minimum atomic E-state index is -2.01. The average Bonchev–Trinajstić information content (AvgIpc) is 2.40. The molecule has 16 heavy (non-hydrogen) atoms. The van der Waals surface area contributed by atoms with E-state index in [0.29, 0.717) is 4.90 Å². The summed E-state index contributed by atoms with van der Waals surface area (Å²) in [4.78, 5) is 13.9. The quantitative estimate of drug-likeness (QED) is 0.756. The monoisotopic (exact) mass is 239 g/mol. The summed E-state index contributed by atoms with van der Waals surface area (Å²) in [6.07, 6.45) is 0. The van der Waals surface area contributed by atoms with Crippen molar-refractivity contribution in [2.75, 3.05) is 11.9 Å². The lowest BCUT2D eigenvalue weighted by Crippen LogP contribution is -2.33. The van der Waals surface area contributed by atoms with Crippen molar-refractivity contribution >= 4 is 22.7 Å². The van der Waals surface area contributed by atoms with E-state index < -0.39 is 16.5 Å². The van der Waals surface area contributed by atoms with E-state index in [2.05, 4.69) is 0 Å². The molecule has 0 fully saturated rings. The van der Waals surface area contributed by atoms with Crippen molar-refractivity contribution in [3.05, 3.63) is 23.8 Å². The maximum atomic E-state index is 12.0. The van der Waals surface area contributed by atoms with Crippen LogP contribution >= 0.6 is 0 Å². The van der Waals surface area contributed by atoms with Crippen molar-refractivity contribution in [1.82, 2.24) is 0 Å². The summed E-state index contributed by atoms with van der Waals surface area (Å²) in [5, 5.41) is 0. The van der Waals surface area contributed by atoms with E-state index in [0.717, 1.165) is 11.3 Å². The Labute approximate surface area is 96.5 Å². The summed E-state index contributed by atoms with van der Waals surface area (Å²) >= 11 is -2.01. The van der Waals surface area contributed by atoms with Crippen molar-refractivity contribution in [2.24, 2.45) is 0 Å². The second-order valence-electron chi connectivity index (χ2n) is 4.42. The van der Waals surface area contributed by atoms with Gasteiger partial charge in [0.25, 0.3) is 0 Å². The molecule has 0 spiro atoms. The van der Waals surface area contributed by atoms with Crippen LogP contribution < -0.4 is 4.90 Å². The van der Waals surface area contributed by atoms with Crippen LogP contribution in [0.25, 0.3) is 0 Å². The molecule has 1 N–H and O–H groups in total. The van der Waals surface area contributed by atoms with Crippen LogP contribution in [0.4, 0.5) is 5.69 Å². The number of likely N-dealkylation sites (N-methyl/N-ethyl adjacent to an activating group) is 1. The first-order chi connectivity index (χ1) is 7.35. The zero-order valence-corrected chi connectivity index (χ0v) is 10.2. The van der Waals surface area contributed by atoms with Gasteiger partial charge in [-0.25, -0.2) is 4.21 Å². The zero-order chi connectivity index (χ0) is 12.1. The normalized spacial score (nSPS) is 19.8. The van der Waals surface area contributed by atoms with Crippen LogP contribution in [0.2, 0.25) is 0 Å². The Hall–Kier alpha value is -1.20. The average molecular weight is 239 g/mol. The molecule has 86 valence electrons. The lowest BCUT2D eigenvalue weighted by Gasteiger charge is -2.16. The summed E-state index contributed by atoms with van der Waals surface area (Å²) in [6, 6.07) is 4.92. The highest BCUT2D eigenvalue weighted by atomic mass is 32.2. The van der Waals surface area contributed by atoms with Gasteiger partial charge in [-0.1, -0.05) is 0 Å². The van der Waals surface area contributed by atoms with E-state index in [9.17, 15) is 9.00 Å². The molecule has 0 saturated heterocycles. The Morgan fingerprint density at radius 1 is 1.38 bits per heavy atom. The Morgan fingerprint density at radius 3 is 2.56 bits per heavy atom. The molecule has 2 rings (SSSR count). The molecular formula is C11H13NO3S. The largest absolute Gasteiger partial charge is 0.314 e. The van der Waals surface area contributed by atoms with E-state index in [1.807, 2.05) is 13.8 Å². The number of hydrogen-bond donors (Lipinski definition) is 1. The smallest absolute Gasteiger partial charge is 0.236 e. The van der Waals surface area contributed by atoms with Gasteiger partial charge >= 0.3 is 0 Å². The van der Waals surface area contributed by atoms with E-state index in [1.165, 1.54) is 0 Å². The van der Waals surface area contributed by atoms with Crippen LogP contribution in [0.15, 0.2) is 23.1 Å². The van der Waals surface area contributed by atoms with Gasteiger partial charge in [-0.15, -0.1) is 0 Å². The van der Waals surface area contributed by atoms with Crippen molar-refractivity contribution in [1.29, 1.82) is 0 Å². The lowest BCUT2D eigenvalue weighted by atomic mass is 9.86. The van der Waals surface area contributed by atoms with Gasteiger partial charge in [0.2, 0.25) is 5.91 Å². The Balaban J connectivity index is 2.65. The van der Waals surface area contributed by atoms with Gasteiger partial charge in [0.1, 0.15) is 0 Å². The first kappa shape index (κ1) is 11.3. The molecule has 1 heterocycles. The summed E-state index contributed by atoms with van der Waals surface area (Å²) < 4.78 is 20.0. The molecule has 1 aliphatic heterocycles. The molecule has 1 aromatic carbocycles. The number of benzene rings is 1. The third kappa shape index (κ3) is 1.39. The van der Waals surface area contributed by atoms with Crippen LogP contribution in [0.3, 0.4) is 0 Å². The second-order valence-corrected chi connectivity index (χ2v) is 5.39. The predicted molar refractivity (Wildman–Crippen MR) is 61.9 cm³/mol. The van der Waals surface area contributed by atoms with Crippen LogP contribution in [0, 0.1) is 0 Å². The van der Waals surface area contributed by atoms with Crippen LogP contribution in [-0.4, -0.2) is 21.7 Å². The first-order valence-corrected chi connectivity index (χ1v) is 6.00. The lowest BCUT2D eigenvalue weighted by molar-refractivity contribution is -0.121. The van der Waals surface area contributed by atoms with E-state index in [-0.39, 0.29) is 5.91 Å². The number of nitrogens with zero attached hydrogens (tertiary/aromatic N) is 1. The molecule has 0 radical (unpaired) electrons. The standard InChI is InChI=1S/C11H13NO3S/c1-11(2)8-6-7(16(14)15)4-5-9(8)12(3)10(11)13/h4-6H,1-3H3,(H,14,15). The molecule has 1 unspecified atom stereocenters. The minimum Gasteiger partial charge on any atom is -0.314 e. The Bertz CT molecular complexity index is 496. The molecule has 0 saturated carbocycles. The fourth-order valence-electron chi connectivity index (χ4n) is 2.06. The van der Waals surface area contributed by atoms with Crippen molar-refractivity contribution in [3.63, 3.8) is 0 Å². The van der Waals surface area contributed by atoms with Gasteiger partial charge in [0, 0.05) is 12.7 Å². The molecule has 0 aromatic heterocycles. The molecule has 5 heteroatoms.